The predicted octanol–water partition coefficient (Wildman–Crippen LogP) is 3.84. The van der Waals surface area contributed by atoms with Crippen LogP contribution in [0.15, 0.2) is 48.8 Å². The Bertz CT molecular complexity index is 939. The third-order valence-electron chi connectivity index (χ3n) is 4.52. The first kappa shape index (κ1) is 16.9. The molecule has 0 fully saturated rings. The van der Waals surface area contributed by atoms with Crippen molar-refractivity contribution >= 4 is 11.6 Å². The maximum atomic E-state index is 10.5. The summed E-state index contributed by atoms with van der Waals surface area (Å²) in [5, 5.41) is 15.4. The quantitative estimate of drug-likeness (QED) is 0.762. The van der Waals surface area contributed by atoms with Gasteiger partial charge in [-0.15, -0.1) is 0 Å². The van der Waals surface area contributed by atoms with Gasteiger partial charge in [0.1, 0.15) is 6.61 Å². The van der Waals surface area contributed by atoms with E-state index >= 15 is 0 Å². The van der Waals surface area contributed by atoms with Crippen LogP contribution in [0.5, 0.6) is 11.5 Å². The average molecular weight is 370 g/mol. The first-order valence-corrected chi connectivity index (χ1v) is 8.91. The Morgan fingerprint density at radius 1 is 1.23 bits per heavy atom. The van der Waals surface area contributed by atoms with Crippen molar-refractivity contribution in [3.63, 3.8) is 0 Å². The Labute approximate surface area is 157 Å². The summed E-state index contributed by atoms with van der Waals surface area (Å²) < 4.78 is 7.63. The lowest BCUT2D eigenvalue weighted by Gasteiger charge is -2.18. The second-order valence-electron chi connectivity index (χ2n) is 6.58. The Hall–Kier alpha value is -2.50. The lowest BCUT2D eigenvalue weighted by atomic mass is 10.0. The second kappa shape index (κ2) is 7.02. The van der Waals surface area contributed by atoms with Crippen LogP contribution < -0.4 is 4.74 Å². The SMILES string of the molecule is Cn1cc(CN2CCOc3c(O)cc(-c4cccc(Cl)c4)cc3C2)cn1. The van der Waals surface area contributed by atoms with E-state index in [1.807, 2.05) is 43.7 Å². The number of nitrogens with zero attached hydrogens (tertiary/aromatic N) is 3. The molecule has 5 nitrogen and oxygen atoms in total. The van der Waals surface area contributed by atoms with Gasteiger partial charge in [-0.1, -0.05) is 23.7 Å². The molecule has 1 aliphatic rings. The molecule has 0 aliphatic carbocycles. The van der Waals surface area contributed by atoms with E-state index in [0.29, 0.717) is 23.9 Å². The molecule has 0 bridgehead atoms. The van der Waals surface area contributed by atoms with Crippen LogP contribution in [0.4, 0.5) is 0 Å². The first-order valence-electron chi connectivity index (χ1n) is 8.53. The van der Waals surface area contributed by atoms with Crippen LogP contribution in [0.25, 0.3) is 11.1 Å². The number of hydrogen-bond acceptors (Lipinski definition) is 4. The van der Waals surface area contributed by atoms with Crippen LogP contribution in [0.3, 0.4) is 0 Å². The smallest absolute Gasteiger partial charge is 0.165 e. The molecule has 0 saturated heterocycles. The van der Waals surface area contributed by atoms with Crippen molar-refractivity contribution in [3.05, 3.63) is 64.9 Å². The molecule has 2 heterocycles. The standard InChI is InChI=1S/C20H20ClN3O2/c1-23-11-14(10-22-23)12-24-5-6-26-20-17(13-24)7-16(9-19(20)25)15-3-2-4-18(21)8-15/h2-4,7-11,25H,5-6,12-13H2,1H3. The molecule has 0 unspecified atom stereocenters. The third-order valence-corrected chi connectivity index (χ3v) is 4.75. The number of ether oxygens (including phenoxy) is 1. The monoisotopic (exact) mass is 369 g/mol. The molecule has 0 amide bonds. The van der Waals surface area contributed by atoms with Gasteiger partial charge in [0.2, 0.25) is 0 Å². The number of hydrogen-bond donors (Lipinski definition) is 1. The fourth-order valence-electron chi connectivity index (χ4n) is 3.33. The van der Waals surface area contributed by atoms with Gasteiger partial charge in [0.15, 0.2) is 11.5 Å². The minimum Gasteiger partial charge on any atom is -0.504 e. The predicted molar refractivity (Wildman–Crippen MR) is 101 cm³/mol. The molecular weight excluding hydrogens is 350 g/mol. The summed E-state index contributed by atoms with van der Waals surface area (Å²) in [5.41, 5.74) is 4.03. The van der Waals surface area contributed by atoms with Crippen LogP contribution in [0, 0.1) is 0 Å². The van der Waals surface area contributed by atoms with Crippen molar-refractivity contribution < 1.29 is 9.84 Å². The Kier molecular flexibility index (Phi) is 4.57. The zero-order valence-corrected chi connectivity index (χ0v) is 15.3. The summed E-state index contributed by atoms with van der Waals surface area (Å²) in [6.45, 7) is 2.82. The van der Waals surface area contributed by atoms with Crippen LogP contribution >= 0.6 is 11.6 Å². The topological polar surface area (TPSA) is 50.5 Å². The molecule has 0 atom stereocenters. The highest BCUT2D eigenvalue weighted by Gasteiger charge is 2.20. The van der Waals surface area contributed by atoms with Crippen LogP contribution in [-0.2, 0) is 20.1 Å². The van der Waals surface area contributed by atoms with E-state index in [0.717, 1.165) is 35.3 Å². The molecule has 4 rings (SSSR count). The van der Waals surface area contributed by atoms with Gasteiger partial charge in [-0.2, -0.15) is 5.10 Å². The highest BCUT2D eigenvalue weighted by atomic mass is 35.5. The van der Waals surface area contributed by atoms with Gasteiger partial charge in [-0.25, -0.2) is 0 Å². The molecule has 3 aromatic rings. The number of halogens is 1. The number of phenols is 1. The van der Waals surface area contributed by atoms with Crippen molar-refractivity contribution in [3.8, 4) is 22.6 Å². The molecule has 0 spiro atoms. The molecule has 134 valence electrons. The zero-order valence-electron chi connectivity index (χ0n) is 14.5. The van der Waals surface area contributed by atoms with Crippen LogP contribution in [0.2, 0.25) is 5.02 Å². The normalized spacial score (nSPS) is 14.5. The van der Waals surface area contributed by atoms with Gasteiger partial charge >= 0.3 is 0 Å². The van der Waals surface area contributed by atoms with Crippen molar-refractivity contribution in [2.24, 2.45) is 7.05 Å². The third kappa shape index (κ3) is 3.54. The molecule has 6 heteroatoms. The van der Waals surface area contributed by atoms with E-state index in [-0.39, 0.29) is 5.75 Å². The number of aryl methyl sites for hydroxylation is 1. The van der Waals surface area contributed by atoms with Gasteiger partial charge in [0.05, 0.1) is 6.20 Å². The van der Waals surface area contributed by atoms with E-state index in [1.54, 1.807) is 10.7 Å². The second-order valence-corrected chi connectivity index (χ2v) is 7.01. The summed E-state index contributed by atoms with van der Waals surface area (Å²) in [6, 6.07) is 11.4. The van der Waals surface area contributed by atoms with Crippen LogP contribution in [-0.4, -0.2) is 32.9 Å². The summed E-state index contributed by atoms with van der Waals surface area (Å²) in [4.78, 5) is 2.30. The summed E-state index contributed by atoms with van der Waals surface area (Å²) >= 11 is 6.12. The number of benzene rings is 2. The van der Waals surface area contributed by atoms with E-state index in [4.69, 9.17) is 16.3 Å². The number of rotatable bonds is 3. The number of aromatic hydroxyl groups is 1. The van der Waals surface area contributed by atoms with Crippen molar-refractivity contribution in [1.82, 2.24) is 14.7 Å². The minimum absolute atomic E-state index is 0.167. The lowest BCUT2D eigenvalue weighted by molar-refractivity contribution is 0.217. The molecule has 2 aromatic carbocycles. The largest absolute Gasteiger partial charge is 0.504 e. The molecule has 0 saturated carbocycles. The van der Waals surface area contributed by atoms with Gasteiger partial charge in [-0.05, 0) is 35.4 Å². The highest BCUT2D eigenvalue weighted by Crippen LogP contribution is 2.38. The highest BCUT2D eigenvalue weighted by molar-refractivity contribution is 6.30. The lowest BCUT2D eigenvalue weighted by Crippen LogP contribution is -2.25. The molecule has 1 aliphatic heterocycles. The Balaban J connectivity index is 1.65. The van der Waals surface area contributed by atoms with E-state index in [1.165, 1.54) is 0 Å². The van der Waals surface area contributed by atoms with Crippen molar-refractivity contribution in [2.45, 2.75) is 13.1 Å². The van der Waals surface area contributed by atoms with Gasteiger partial charge in [-0.3, -0.25) is 9.58 Å². The summed E-state index contributed by atoms with van der Waals surface area (Å²) in [5.74, 6) is 0.741. The number of aromatic nitrogens is 2. The Morgan fingerprint density at radius 2 is 2.12 bits per heavy atom. The van der Waals surface area contributed by atoms with Crippen LogP contribution in [0.1, 0.15) is 11.1 Å². The van der Waals surface area contributed by atoms with E-state index in [9.17, 15) is 5.11 Å². The maximum absolute atomic E-state index is 10.5. The Morgan fingerprint density at radius 3 is 2.88 bits per heavy atom. The van der Waals surface area contributed by atoms with Gasteiger partial charge < -0.3 is 9.84 Å². The number of phenolic OH excluding ortho intramolecular Hbond substituents is 1. The van der Waals surface area contributed by atoms with E-state index in [2.05, 4.69) is 16.1 Å². The zero-order chi connectivity index (χ0) is 18.1. The van der Waals surface area contributed by atoms with E-state index < -0.39 is 0 Å². The number of fused-ring (bicyclic) bond motifs is 1. The molecular formula is C20H20ClN3O2. The fourth-order valence-corrected chi connectivity index (χ4v) is 3.52. The summed E-state index contributed by atoms with van der Waals surface area (Å²) in [6.07, 6.45) is 3.90. The van der Waals surface area contributed by atoms with Gasteiger partial charge in [0, 0.05) is 49.0 Å². The molecule has 0 radical (unpaired) electrons. The molecule has 1 aromatic heterocycles. The van der Waals surface area contributed by atoms with Gasteiger partial charge in [0.25, 0.3) is 0 Å². The molecule has 26 heavy (non-hydrogen) atoms. The average Bonchev–Trinajstić information content (AvgIpc) is 2.89. The minimum atomic E-state index is 0.167. The van der Waals surface area contributed by atoms with Crippen molar-refractivity contribution in [1.29, 1.82) is 0 Å². The summed E-state index contributed by atoms with van der Waals surface area (Å²) in [7, 11) is 1.92. The van der Waals surface area contributed by atoms with Crippen molar-refractivity contribution in [2.75, 3.05) is 13.2 Å². The first-order chi connectivity index (χ1) is 12.6. The fraction of sp³-hybridized carbons (Fsp3) is 0.250. The maximum Gasteiger partial charge on any atom is 0.165 e. The molecule has 1 N–H and O–H groups in total.